The summed E-state index contributed by atoms with van der Waals surface area (Å²) in [6.45, 7) is 3.38. The van der Waals surface area contributed by atoms with Crippen LogP contribution in [0.25, 0.3) is 0 Å². The molecular formula is C12H16ClNO. The van der Waals surface area contributed by atoms with Crippen LogP contribution in [0.15, 0.2) is 18.2 Å². The molecule has 0 unspecified atom stereocenters. The van der Waals surface area contributed by atoms with Crippen molar-refractivity contribution in [2.45, 2.75) is 26.0 Å². The van der Waals surface area contributed by atoms with Crippen molar-refractivity contribution >= 4 is 11.6 Å². The minimum absolute atomic E-state index is 0.0167. The fourth-order valence-corrected chi connectivity index (χ4v) is 2.28. The quantitative estimate of drug-likeness (QED) is 0.854. The number of benzene rings is 1. The van der Waals surface area contributed by atoms with Crippen molar-refractivity contribution in [2.75, 3.05) is 13.1 Å². The zero-order chi connectivity index (χ0) is 10.7. The highest BCUT2D eigenvalue weighted by Crippen LogP contribution is 2.20. The van der Waals surface area contributed by atoms with E-state index in [-0.39, 0.29) is 6.61 Å². The first-order chi connectivity index (χ1) is 7.29. The van der Waals surface area contributed by atoms with Crippen LogP contribution in [-0.2, 0) is 13.2 Å². The van der Waals surface area contributed by atoms with Crippen LogP contribution in [0.4, 0.5) is 0 Å². The fourth-order valence-electron chi connectivity index (χ4n) is 2.02. The van der Waals surface area contributed by atoms with Crippen LogP contribution in [0.3, 0.4) is 0 Å². The summed E-state index contributed by atoms with van der Waals surface area (Å²) in [4.78, 5) is 2.43. The Hall–Kier alpha value is -0.570. The highest BCUT2D eigenvalue weighted by Gasteiger charge is 2.12. The van der Waals surface area contributed by atoms with Gasteiger partial charge < -0.3 is 5.11 Å². The highest BCUT2D eigenvalue weighted by atomic mass is 35.5. The van der Waals surface area contributed by atoms with E-state index in [2.05, 4.69) is 11.0 Å². The maximum absolute atomic E-state index is 9.00. The molecule has 0 amide bonds. The Morgan fingerprint density at radius 3 is 2.60 bits per heavy atom. The van der Waals surface area contributed by atoms with Gasteiger partial charge in [-0.25, -0.2) is 0 Å². The molecule has 0 aromatic heterocycles. The lowest BCUT2D eigenvalue weighted by atomic mass is 10.1. The van der Waals surface area contributed by atoms with Crippen LogP contribution in [0.2, 0.25) is 5.02 Å². The molecule has 0 bridgehead atoms. The van der Waals surface area contributed by atoms with Crippen LogP contribution in [-0.4, -0.2) is 23.1 Å². The van der Waals surface area contributed by atoms with Crippen molar-refractivity contribution in [2.24, 2.45) is 0 Å². The molecule has 2 nitrogen and oxygen atoms in total. The summed E-state index contributed by atoms with van der Waals surface area (Å²) in [5.41, 5.74) is 2.04. The maximum atomic E-state index is 9.00. The first-order valence-corrected chi connectivity index (χ1v) is 5.78. The first-order valence-electron chi connectivity index (χ1n) is 5.40. The molecule has 1 aromatic rings. The Morgan fingerprint density at radius 1 is 1.27 bits per heavy atom. The second-order valence-corrected chi connectivity index (χ2v) is 4.47. The Kier molecular flexibility index (Phi) is 3.62. The van der Waals surface area contributed by atoms with Gasteiger partial charge in [0, 0.05) is 11.6 Å². The van der Waals surface area contributed by atoms with E-state index in [0.717, 1.165) is 12.1 Å². The molecule has 3 heteroatoms. The van der Waals surface area contributed by atoms with Crippen LogP contribution < -0.4 is 0 Å². The molecule has 0 saturated carbocycles. The molecule has 1 N–H and O–H groups in total. The summed E-state index contributed by atoms with van der Waals surface area (Å²) < 4.78 is 0. The monoisotopic (exact) mass is 225 g/mol. The standard InChI is InChI=1S/C12H16ClNO/c13-12-7-10(3-4-11(12)9-15)8-14-5-1-2-6-14/h3-4,7,15H,1-2,5-6,8-9H2. The fraction of sp³-hybridized carbons (Fsp3) is 0.500. The number of halogens is 1. The molecule has 2 rings (SSSR count). The smallest absolute Gasteiger partial charge is 0.0696 e. The van der Waals surface area contributed by atoms with E-state index in [1.165, 1.54) is 31.5 Å². The third-order valence-corrected chi connectivity index (χ3v) is 3.24. The van der Waals surface area contributed by atoms with Crippen molar-refractivity contribution < 1.29 is 5.11 Å². The van der Waals surface area contributed by atoms with E-state index in [0.29, 0.717) is 5.02 Å². The molecule has 1 fully saturated rings. The molecule has 1 aliphatic rings. The predicted molar refractivity (Wildman–Crippen MR) is 61.9 cm³/mol. The molecule has 1 aliphatic heterocycles. The van der Waals surface area contributed by atoms with Gasteiger partial charge in [-0.3, -0.25) is 4.90 Å². The number of aliphatic hydroxyl groups is 1. The SMILES string of the molecule is OCc1ccc(CN2CCCC2)cc1Cl. The van der Waals surface area contributed by atoms with Gasteiger partial charge in [0.1, 0.15) is 0 Å². The molecule has 0 radical (unpaired) electrons. The number of aliphatic hydroxyl groups excluding tert-OH is 1. The molecular weight excluding hydrogens is 210 g/mol. The lowest BCUT2D eigenvalue weighted by Gasteiger charge is -2.15. The van der Waals surface area contributed by atoms with Crippen LogP contribution in [0.5, 0.6) is 0 Å². The van der Waals surface area contributed by atoms with Gasteiger partial charge in [0.05, 0.1) is 6.61 Å². The number of likely N-dealkylation sites (tertiary alicyclic amines) is 1. The van der Waals surface area contributed by atoms with Crippen molar-refractivity contribution in [1.29, 1.82) is 0 Å². The average molecular weight is 226 g/mol. The summed E-state index contributed by atoms with van der Waals surface area (Å²) in [5.74, 6) is 0. The number of nitrogens with zero attached hydrogens (tertiary/aromatic N) is 1. The normalized spacial score (nSPS) is 17.2. The van der Waals surface area contributed by atoms with Gasteiger partial charge in [0.2, 0.25) is 0 Å². The molecule has 15 heavy (non-hydrogen) atoms. The van der Waals surface area contributed by atoms with Crippen LogP contribution in [0.1, 0.15) is 24.0 Å². The zero-order valence-electron chi connectivity index (χ0n) is 8.75. The van der Waals surface area contributed by atoms with E-state index in [1.54, 1.807) is 0 Å². The number of hydrogen-bond acceptors (Lipinski definition) is 2. The van der Waals surface area contributed by atoms with Gasteiger partial charge in [0.15, 0.2) is 0 Å². The topological polar surface area (TPSA) is 23.5 Å². The average Bonchev–Trinajstić information content (AvgIpc) is 2.71. The molecule has 1 heterocycles. The molecule has 0 aliphatic carbocycles. The van der Waals surface area contributed by atoms with E-state index >= 15 is 0 Å². The van der Waals surface area contributed by atoms with Gasteiger partial charge >= 0.3 is 0 Å². The Labute approximate surface area is 95.5 Å². The van der Waals surface area contributed by atoms with Crippen molar-refractivity contribution in [3.63, 3.8) is 0 Å². The van der Waals surface area contributed by atoms with Gasteiger partial charge in [-0.05, 0) is 43.1 Å². The van der Waals surface area contributed by atoms with Crippen molar-refractivity contribution in [3.8, 4) is 0 Å². The second kappa shape index (κ2) is 4.97. The van der Waals surface area contributed by atoms with Gasteiger partial charge in [-0.15, -0.1) is 0 Å². The van der Waals surface area contributed by atoms with Crippen molar-refractivity contribution in [1.82, 2.24) is 4.90 Å². The van der Waals surface area contributed by atoms with E-state index in [9.17, 15) is 0 Å². The Bertz CT molecular complexity index is 334. The van der Waals surface area contributed by atoms with Crippen LogP contribution in [0, 0.1) is 0 Å². The van der Waals surface area contributed by atoms with Gasteiger partial charge in [0.25, 0.3) is 0 Å². The first kappa shape index (κ1) is 10.9. The summed E-state index contributed by atoms with van der Waals surface area (Å²) in [6.07, 6.45) is 2.62. The summed E-state index contributed by atoms with van der Waals surface area (Å²) in [7, 11) is 0. The maximum Gasteiger partial charge on any atom is 0.0696 e. The van der Waals surface area contributed by atoms with Gasteiger partial charge in [-0.2, -0.15) is 0 Å². The van der Waals surface area contributed by atoms with Gasteiger partial charge in [-0.1, -0.05) is 23.7 Å². The minimum atomic E-state index is 0.0167. The second-order valence-electron chi connectivity index (χ2n) is 4.07. The summed E-state index contributed by atoms with van der Waals surface area (Å²) in [6, 6.07) is 5.93. The predicted octanol–water partition coefficient (Wildman–Crippen LogP) is 2.43. The number of rotatable bonds is 3. The Balaban J connectivity index is 2.05. The van der Waals surface area contributed by atoms with E-state index < -0.39 is 0 Å². The summed E-state index contributed by atoms with van der Waals surface area (Å²) >= 11 is 6.04. The molecule has 0 spiro atoms. The number of hydrogen-bond donors (Lipinski definition) is 1. The largest absolute Gasteiger partial charge is 0.392 e. The van der Waals surface area contributed by atoms with E-state index in [4.69, 9.17) is 16.7 Å². The minimum Gasteiger partial charge on any atom is -0.392 e. The lowest BCUT2D eigenvalue weighted by molar-refractivity contribution is 0.282. The third kappa shape index (κ3) is 2.71. The third-order valence-electron chi connectivity index (χ3n) is 2.89. The lowest BCUT2D eigenvalue weighted by Crippen LogP contribution is -2.18. The molecule has 0 atom stereocenters. The van der Waals surface area contributed by atoms with Crippen LogP contribution >= 0.6 is 11.6 Å². The van der Waals surface area contributed by atoms with E-state index in [1.807, 2.05) is 12.1 Å². The molecule has 1 saturated heterocycles. The highest BCUT2D eigenvalue weighted by molar-refractivity contribution is 6.31. The molecule has 1 aromatic carbocycles. The zero-order valence-corrected chi connectivity index (χ0v) is 9.50. The summed E-state index contributed by atoms with van der Waals surface area (Å²) in [5, 5.41) is 9.67. The van der Waals surface area contributed by atoms with Crippen molar-refractivity contribution in [3.05, 3.63) is 34.3 Å². The Morgan fingerprint density at radius 2 is 2.00 bits per heavy atom. The molecule has 82 valence electrons.